The Morgan fingerprint density at radius 1 is 1.35 bits per heavy atom. The number of piperidine rings is 1. The second kappa shape index (κ2) is 7.44. The first-order chi connectivity index (χ1) is 11.0. The fraction of sp³-hybridized carbons (Fsp3) is 0.588. The lowest BCUT2D eigenvalue weighted by molar-refractivity contribution is -0.155. The van der Waals surface area contributed by atoms with Crippen molar-refractivity contribution in [2.45, 2.75) is 45.6 Å². The molecule has 126 valence electrons. The monoisotopic (exact) mass is 320 g/mol. The zero-order valence-electron chi connectivity index (χ0n) is 13.5. The fourth-order valence-corrected chi connectivity index (χ4v) is 3.33. The molecule has 1 N–H and O–H groups in total. The van der Waals surface area contributed by atoms with Crippen molar-refractivity contribution >= 4 is 11.9 Å². The molecule has 0 bridgehead atoms. The number of nitrogens with zero attached hydrogens (tertiary/aromatic N) is 2. The Bertz CT molecular complexity index is 621. The summed E-state index contributed by atoms with van der Waals surface area (Å²) in [4.78, 5) is 37.4. The first-order valence-electron chi connectivity index (χ1n) is 8.15. The summed E-state index contributed by atoms with van der Waals surface area (Å²) in [6, 6.07) is 4.88. The summed E-state index contributed by atoms with van der Waals surface area (Å²) in [5, 5.41) is 9.58. The third kappa shape index (κ3) is 4.00. The van der Waals surface area contributed by atoms with Crippen LogP contribution in [0.1, 0.15) is 39.0 Å². The smallest absolute Gasteiger partial charge is 0.311 e. The molecule has 0 aliphatic carbocycles. The van der Waals surface area contributed by atoms with Crippen LogP contribution in [-0.2, 0) is 16.1 Å². The van der Waals surface area contributed by atoms with Crippen LogP contribution in [0.5, 0.6) is 0 Å². The third-order valence-electron chi connectivity index (χ3n) is 4.58. The van der Waals surface area contributed by atoms with Gasteiger partial charge in [0.1, 0.15) is 0 Å². The van der Waals surface area contributed by atoms with Crippen molar-refractivity contribution < 1.29 is 14.7 Å². The Morgan fingerprint density at radius 2 is 2.13 bits per heavy atom. The normalized spacial score (nSPS) is 21.2. The van der Waals surface area contributed by atoms with Crippen molar-refractivity contribution in [3.05, 3.63) is 34.7 Å². The second-order valence-corrected chi connectivity index (χ2v) is 6.24. The van der Waals surface area contributed by atoms with Crippen LogP contribution in [-0.4, -0.2) is 39.5 Å². The van der Waals surface area contributed by atoms with Crippen LogP contribution in [0.4, 0.5) is 0 Å². The summed E-state index contributed by atoms with van der Waals surface area (Å²) >= 11 is 0. The van der Waals surface area contributed by atoms with E-state index in [1.54, 1.807) is 23.2 Å². The Kier molecular flexibility index (Phi) is 5.58. The highest BCUT2D eigenvalue weighted by Gasteiger charge is 2.42. The van der Waals surface area contributed by atoms with Gasteiger partial charge in [-0.15, -0.1) is 0 Å². The number of carbonyl (C=O) groups is 2. The lowest BCUT2D eigenvalue weighted by Crippen LogP contribution is -2.50. The van der Waals surface area contributed by atoms with Gasteiger partial charge in [0.25, 0.3) is 5.56 Å². The molecule has 1 amide bonds. The van der Waals surface area contributed by atoms with E-state index in [-0.39, 0.29) is 24.4 Å². The van der Waals surface area contributed by atoms with Gasteiger partial charge in [-0.2, -0.15) is 0 Å². The predicted octanol–water partition coefficient (Wildman–Crippen LogP) is 1.73. The number of amides is 1. The molecule has 1 fully saturated rings. The molecule has 1 saturated heterocycles. The van der Waals surface area contributed by atoms with Gasteiger partial charge in [-0.05, 0) is 25.3 Å². The number of hydrogen-bond donors (Lipinski definition) is 1. The van der Waals surface area contributed by atoms with Crippen LogP contribution in [0.15, 0.2) is 29.2 Å². The molecule has 1 aliphatic heterocycles. The molecule has 1 aliphatic rings. The van der Waals surface area contributed by atoms with Crippen molar-refractivity contribution in [3.63, 3.8) is 0 Å². The highest BCUT2D eigenvalue weighted by atomic mass is 16.4. The summed E-state index contributed by atoms with van der Waals surface area (Å²) in [6.07, 6.45) is 4.58. The number of aliphatic carboxylic acids is 1. The predicted molar refractivity (Wildman–Crippen MR) is 86.1 cm³/mol. The van der Waals surface area contributed by atoms with Crippen molar-refractivity contribution in [1.29, 1.82) is 0 Å². The third-order valence-corrected chi connectivity index (χ3v) is 4.58. The summed E-state index contributed by atoms with van der Waals surface area (Å²) < 4.78 is 1.50. The number of aromatic nitrogens is 1. The molecular formula is C17H24N2O4. The quantitative estimate of drug-likeness (QED) is 0.866. The van der Waals surface area contributed by atoms with Gasteiger partial charge >= 0.3 is 5.97 Å². The fourth-order valence-electron chi connectivity index (χ4n) is 3.33. The van der Waals surface area contributed by atoms with Gasteiger partial charge in [-0.25, -0.2) is 0 Å². The number of rotatable bonds is 6. The molecule has 0 aromatic carbocycles. The average molecular weight is 320 g/mol. The van der Waals surface area contributed by atoms with Crippen LogP contribution in [0.25, 0.3) is 0 Å². The number of hydrogen-bond acceptors (Lipinski definition) is 3. The largest absolute Gasteiger partial charge is 0.481 e. The Hall–Kier alpha value is -2.11. The van der Waals surface area contributed by atoms with Crippen LogP contribution < -0.4 is 5.56 Å². The van der Waals surface area contributed by atoms with E-state index in [0.29, 0.717) is 32.4 Å². The van der Waals surface area contributed by atoms with Crippen LogP contribution in [0.3, 0.4) is 0 Å². The number of aryl methyl sites for hydroxylation is 1. The van der Waals surface area contributed by atoms with Gasteiger partial charge in [0.2, 0.25) is 5.91 Å². The number of likely N-dealkylation sites (tertiary alicyclic amines) is 1. The van der Waals surface area contributed by atoms with Crippen molar-refractivity contribution in [1.82, 2.24) is 9.47 Å². The van der Waals surface area contributed by atoms with Gasteiger partial charge < -0.3 is 14.6 Å². The minimum atomic E-state index is -0.813. The van der Waals surface area contributed by atoms with Crippen molar-refractivity contribution in [2.24, 2.45) is 5.41 Å². The Labute approximate surface area is 135 Å². The van der Waals surface area contributed by atoms with E-state index < -0.39 is 11.4 Å². The van der Waals surface area contributed by atoms with E-state index in [9.17, 15) is 19.5 Å². The lowest BCUT2D eigenvalue weighted by atomic mass is 9.76. The van der Waals surface area contributed by atoms with E-state index in [1.807, 2.05) is 6.92 Å². The van der Waals surface area contributed by atoms with Gasteiger partial charge in [0.05, 0.1) is 5.41 Å². The number of pyridine rings is 1. The van der Waals surface area contributed by atoms with E-state index in [0.717, 1.165) is 6.42 Å². The summed E-state index contributed by atoms with van der Waals surface area (Å²) in [5.74, 6) is -0.890. The standard InChI is InChI=1S/C17H24N2O4/c1-2-8-17(16(22)23)9-5-11-19(13-17)15(21)7-12-18-10-4-3-6-14(18)20/h3-4,6,10H,2,5,7-9,11-13H2,1H3,(H,22,23)/t17-/m0/s1. The van der Waals surface area contributed by atoms with Gasteiger partial charge in [0, 0.05) is 38.3 Å². The topological polar surface area (TPSA) is 79.6 Å². The highest BCUT2D eigenvalue weighted by Crippen LogP contribution is 2.35. The molecule has 0 saturated carbocycles. The number of carbonyl (C=O) groups excluding carboxylic acids is 1. The molecule has 6 nitrogen and oxygen atoms in total. The number of carboxylic acid groups (broad SMARTS) is 1. The van der Waals surface area contributed by atoms with Crippen molar-refractivity contribution in [2.75, 3.05) is 13.1 Å². The molecule has 0 radical (unpaired) electrons. The molecule has 23 heavy (non-hydrogen) atoms. The maximum atomic E-state index is 12.4. The van der Waals surface area contributed by atoms with Crippen LogP contribution >= 0.6 is 0 Å². The maximum Gasteiger partial charge on any atom is 0.311 e. The molecule has 0 spiro atoms. The summed E-state index contributed by atoms with van der Waals surface area (Å²) in [5.41, 5.74) is -0.948. The summed E-state index contributed by atoms with van der Waals surface area (Å²) in [6.45, 7) is 3.16. The lowest BCUT2D eigenvalue weighted by Gasteiger charge is -2.40. The molecule has 0 unspecified atom stereocenters. The number of carboxylic acids is 1. The molecule has 2 rings (SSSR count). The first kappa shape index (κ1) is 17.2. The maximum absolute atomic E-state index is 12.4. The molecular weight excluding hydrogens is 296 g/mol. The minimum absolute atomic E-state index is 0.0813. The van der Waals surface area contributed by atoms with Gasteiger partial charge in [-0.3, -0.25) is 14.4 Å². The molecule has 6 heteroatoms. The average Bonchev–Trinajstić information content (AvgIpc) is 2.54. The zero-order chi connectivity index (χ0) is 16.9. The van der Waals surface area contributed by atoms with E-state index in [1.165, 1.54) is 10.6 Å². The zero-order valence-corrected chi connectivity index (χ0v) is 13.5. The van der Waals surface area contributed by atoms with Crippen LogP contribution in [0.2, 0.25) is 0 Å². The molecule has 1 aromatic rings. The van der Waals surface area contributed by atoms with E-state index in [4.69, 9.17) is 0 Å². The highest BCUT2D eigenvalue weighted by molar-refractivity contribution is 5.79. The molecule has 1 aromatic heterocycles. The molecule has 2 heterocycles. The van der Waals surface area contributed by atoms with Crippen LogP contribution in [0, 0.1) is 5.41 Å². The Morgan fingerprint density at radius 3 is 2.78 bits per heavy atom. The van der Waals surface area contributed by atoms with E-state index >= 15 is 0 Å². The summed E-state index contributed by atoms with van der Waals surface area (Å²) in [7, 11) is 0. The minimum Gasteiger partial charge on any atom is -0.481 e. The van der Waals surface area contributed by atoms with Gasteiger partial charge in [0.15, 0.2) is 0 Å². The van der Waals surface area contributed by atoms with Crippen molar-refractivity contribution in [3.8, 4) is 0 Å². The van der Waals surface area contributed by atoms with Gasteiger partial charge in [-0.1, -0.05) is 19.4 Å². The van der Waals surface area contributed by atoms with E-state index in [2.05, 4.69) is 0 Å². The SMILES string of the molecule is CCC[C@]1(C(=O)O)CCCN(C(=O)CCn2ccccc2=O)C1. The second-order valence-electron chi connectivity index (χ2n) is 6.24. The first-order valence-corrected chi connectivity index (χ1v) is 8.15. The molecule has 1 atom stereocenters. The Balaban J connectivity index is 2.00.